The Labute approximate surface area is 191 Å². The third kappa shape index (κ3) is 5.03. The van der Waals surface area contributed by atoms with Gasteiger partial charge in [-0.2, -0.15) is 13.2 Å². The number of piperazine rings is 1. The minimum atomic E-state index is -4.50. The zero-order valence-electron chi connectivity index (χ0n) is 16.7. The summed E-state index contributed by atoms with van der Waals surface area (Å²) in [5.41, 5.74) is -0.0337. The van der Waals surface area contributed by atoms with Crippen LogP contribution in [0.25, 0.3) is 0 Å². The normalized spacial score (nSPS) is 16.1. The quantitative estimate of drug-likeness (QED) is 0.571. The molecule has 0 bridgehead atoms. The minimum Gasteiger partial charge on any atom is -0.353 e. The molecule has 0 saturated carbocycles. The van der Waals surface area contributed by atoms with Gasteiger partial charge in [-0.15, -0.1) is 11.3 Å². The van der Waals surface area contributed by atoms with Crippen molar-refractivity contribution in [2.24, 2.45) is 0 Å². The first-order chi connectivity index (χ1) is 15.3. The van der Waals surface area contributed by atoms with Gasteiger partial charge in [-0.25, -0.2) is 9.97 Å². The number of hydrogen-bond donors (Lipinski definition) is 1. The molecule has 1 amide bonds. The topological polar surface area (TPSA) is 61.4 Å². The Kier molecular flexibility index (Phi) is 6.63. The van der Waals surface area contributed by atoms with Gasteiger partial charge in [0.15, 0.2) is 5.13 Å². The molecule has 1 saturated heterocycles. The van der Waals surface area contributed by atoms with Gasteiger partial charge in [0, 0.05) is 44.0 Å². The SMILES string of the molecule is O=C(Nc1nccs1)[C@H](c1ccccc1)N1CCN(c2ncc(C(F)(F)F)cc2Cl)CC1. The highest BCUT2D eigenvalue weighted by Gasteiger charge is 2.34. The van der Waals surface area contributed by atoms with Crippen molar-refractivity contribution in [2.75, 3.05) is 36.4 Å². The highest BCUT2D eigenvalue weighted by Crippen LogP contribution is 2.34. The lowest BCUT2D eigenvalue weighted by atomic mass is 10.0. The fourth-order valence-corrected chi connectivity index (χ4v) is 4.45. The van der Waals surface area contributed by atoms with Crippen LogP contribution in [0.2, 0.25) is 5.02 Å². The molecular weight excluding hydrogens is 463 g/mol. The molecule has 4 rings (SSSR count). The molecule has 1 fully saturated rings. The molecule has 6 nitrogen and oxygen atoms in total. The van der Waals surface area contributed by atoms with E-state index in [1.54, 1.807) is 11.6 Å². The van der Waals surface area contributed by atoms with Gasteiger partial charge in [0.05, 0.1) is 10.6 Å². The molecule has 32 heavy (non-hydrogen) atoms. The summed E-state index contributed by atoms with van der Waals surface area (Å²) in [6.45, 7) is 1.94. The lowest BCUT2D eigenvalue weighted by Gasteiger charge is -2.39. The number of anilines is 2. The third-order valence-electron chi connectivity index (χ3n) is 5.15. The second-order valence-corrected chi connectivity index (χ2v) is 8.49. The molecule has 1 aliphatic heterocycles. The molecule has 3 aromatic rings. The molecule has 11 heteroatoms. The van der Waals surface area contributed by atoms with Crippen LogP contribution in [0.5, 0.6) is 0 Å². The standard InChI is InChI=1S/C21H19ClF3N5OS/c22-16-12-15(21(23,24)25)13-27-18(16)30-9-7-29(8-10-30)17(14-4-2-1-3-5-14)19(31)28-20-26-6-11-32-20/h1-6,11-13,17H,7-10H2,(H,26,28,31)/t17-/m0/s1. The zero-order chi connectivity index (χ0) is 22.7. The fraction of sp³-hybridized carbons (Fsp3) is 0.286. The minimum absolute atomic E-state index is 0.0469. The molecule has 0 radical (unpaired) electrons. The van der Waals surface area contributed by atoms with E-state index in [9.17, 15) is 18.0 Å². The van der Waals surface area contributed by atoms with Gasteiger partial charge < -0.3 is 10.2 Å². The second kappa shape index (κ2) is 9.43. The van der Waals surface area contributed by atoms with E-state index in [2.05, 4.69) is 15.3 Å². The Hall–Kier alpha value is -2.69. The maximum Gasteiger partial charge on any atom is 0.417 e. The maximum atomic E-state index is 13.1. The predicted molar refractivity (Wildman–Crippen MR) is 118 cm³/mol. The lowest BCUT2D eigenvalue weighted by Crippen LogP contribution is -2.50. The number of aromatic nitrogens is 2. The number of alkyl halides is 3. The van der Waals surface area contributed by atoms with E-state index in [0.29, 0.717) is 37.1 Å². The largest absolute Gasteiger partial charge is 0.417 e. The summed E-state index contributed by atoms with van der Waals surface area (Å²) in [5, 5.41) is 5.12. The molecule has 1 atom stereocenters. The highest BCUT2D eigenvalue weighted by molar-refractivity contribution is 7.13. The number of halogens is 4. The van der Waals surface area contributed by atoms with E-state index in [1.165, 1.54) is 11.3 Å². The van der Waals surface area contributed by atoms with Crippen molar-refractivity contribution >= 4 is 39.8 Å². The van der Waals surface area contributed by atoms with E-state index in [4.69, 9.17) is 11.6 Å². The number of carbonyl (C=O) groups is 1. The number of thiazole rings is 1. The monoisotopic (exact) mass is 481 g/mol. The lowest BCUT2D eigenvalue weighted by molar-refractivity contribution is -0.137. The van der Waals surface area contributed by atoms with Crippen molar-refractivity contribution in [2.45, 2.75) is 12.2 Å². The van der Waals surface area contributed by atoms with Gasteiger partial charge in [-0.1, -0.05) is 41.9 Å². The average Bonchev–Trinajstić information content (AvgIpc) is 3.28. The van der Waals surface area contributed by atoms with Crippen molar-refractivity contribution in [1.82, 2.24) is 14.9 Å². The van der Waals surface area contributed by atoms with Crippen LogP contribution in [0.15, 0.2) is 54.2 Å². The highest BCUT2D eigenvalue weighted by atomic mass is 35.5. The molecule has 0 aliphatic carbocycles. The molecule has 1 N–H and O–H groups in total. The van der Waals surface area contributed by atoms with Crippen LogP contribution < -0.4 is 10.2 Å². The fourth-order valence-electron chi connectivity index (χ4n) is 3.63. The third-order valence-corrected chi connectivity index (χ3v) is 6.12. The maximum absolute atomic E-state index is 13.1. The van der Waals surface area contributed by atoms with Gasteiger partial charge in [0.2, 0.25) is 5.91 Å². The predicted octanol–water partition coefficient (Wildman–Crippen LogP) is 4.71. The summed E-state index contributed by atoms with van der Waals surface area (Å²) in [6, 6.07) is 9.79. The first-order valence-electron chi connectivity index (χ1n) is 9.80. The number of pyridine rings is 1. The van der Waals surface area contributed by atoms with Crippen LogP contribution >= 0.6 is 22.9 Å². The average molecular weight is 482 g/mol. The number of hydrogen-bond acceptors (Lipinski definition) is 6. The Morgan fingerprint density at radius 3 is 2.44 bits per heavy atom. The molecule has 168 valence electrons. The van der Waals surface area contributed by atoms with Gasteiger partial charge in [0.25, 0.3) is 0 Å². The Balaban J connectivity index is 1.49. The van der Waals surface area contributed by atoms with Crippen LogP contribution in [-0.2, 0) is 11.0 Å². The number of nitrogens with one attached hydrogen (secondary N) is 1. The molecule has 2 aromatic heterocycles. The molecule has 0 unspecified atom stereocenters. The van der Waals surface area contributed by atoms with Crippen molar-refractivity contribution in [1.29, 1.82) is 0 Å². The van der Waals surface area contributed by atoms with Crippen LogP contribution in [0.3, 0.4) is 0 Å². The van der Waals surface area contributed by atoms with E-state index in [0.717, 1.165) is 17.8 Å². The van der Waals surface area contributed by atoms with Crippen LogP contribution in [0.4, 0.5) is 24.1 Å². The summed E-state index contributed by atoms with van der Waals surface area (Å²) in [4.78, 5) is 25.0. The molecule has 0 spiro atoms. The molecular formula is C21H19ClF3N5OS. The summed E-state index contributed by atoms with van der Waals surface area (Å²) in [6.07, 6.45) is -2.08. The number of amides is 1. The second-order valence-electron chi connectivity index (χ2n) is 7.19. The Morgan fingerprint density at radius 2 is 1.84 bits per heavy atom. The first-order valence-corrected chi connectivity index (χ1v) is 11.1. The van der Waals surface area contributed by atoms with E-state index >= 15 is 0 Å². The van der Waals surface area contributed by atoms with Crippen molar-refractivity contribution in [3.63, 3.8) is 0 Å². The molecule has 1 aliphatic rings. The van der Waals surface area contributed by atoms with Gasteiger partial charge in [-0.05, 0) is 11.6 Å². The summed E-state index contributed by atoms with van der Waals surface area (Å²) < 4.78 is 38.7. The molecule has 3 heterocycles. The van der Waals surface area contributed by atoms with Gasteiger partial charge >= 0.3 is 6.18 Å². The van der Waals surface area contributed by atoms with Crippen LogP contribution in [0.1, 0.15) is 17.2 Å². The van der Waals surface area contributed by atoms with Crippen molar-refractivity contribution in [3.8, 4) is 0 Å². The van der Waals surface area contributed by atoms with Crippen molar-refractivity contribution in [3.05, 3.63) is 70.3 Å². The van der Waals surface area contributed by atoms with Crippen LogP contribution in [0, 0.1) is 0 Å². The zero-order valence-corrected chi connectivity index (χ0v) is 18.3. The van der Waals surface area contributed by atoms with E-state index in [-0.39, 0.29) is 10.9 Å². The number of nitrogens with zero attached hydrogens (tertiary/aromatic N) is 4. The van der Waals surface area contributed by atoms with E-state index in [1.807, 2.05) is 40.1 Å². The Morgan fingerprint density at radius 1 is 1.12 bits per heavy atom. The number of benzene rings is 1. The first kappa shape index (κ1) is 22.5. The van der Waals surface area contributed by atoms with Crippen molar-refractivity contribution < 1.29 is 18.0 Å². The summed E-state index contributed by atoms with van der Waals surface area (Å²) in [5.74, 6) is 0.119. The summed E-state index contributed by atoms with van der Waals surface area (Å²) in [7, 11) is 0. The smallest absolute Gasteiger partial charge is 0.353 e. The number of rotatable bonds is 5. The molecule has 1 aromatic carbocycles. The van der Waals surface area contributed by atoms with Gasteiger partial charge in [0.1, 0.15) is 11.9 Å². The Bertz CT molecular complexity index is 1060. The number of carbonyl (C=O) groups excluding carboxylic acids is 1. The van der Waals surface area contributed by atoms with Crippen LogP contribution in [-0.4, -0.2) is 47.0 Å². The van der Waals surface area contributed by atoms with E-state index < -0.39 is 17.8 Å². The summed E-state index contributed by atoms with van der Waals surface area (Å²) >= 11 is 7.45. The van der Waals surface area contributed by atoms with Gasteiger partial charge in [-0.3, -0.25) is 9.69 Å².